The van der Waals surface area contributed by atoms with E-state index in [9.17, 15) is 9.59 Å². The SMILES string of the molecule is O=C(NCCc1nnc2ccccn12)c1ccc(Cl)c(NC(=O)c2cccs2)c1. The van der Waals surface area contributed by atoms with E-state index in [-0.39, 0.29) is 11.8 Å². The largest absolute Gasteiger partial charge is 0.352 e. The third kappa shape index (κ3) is 4.28. The summed E-state index contributed by atoms with van der Waals surface area (Å²) in [6.45, 7) is 0.397. The first-order valence-electron chi connectivity index (χ1n) is 8.83. The zero-order valence-electron chi connectivity index (χ0n) is 15.1. The molecule has 3 aromatic heterocycles. The molecule has 0 aliphatic carbocycles. The van der Waals surface area contributed by atoms with Crippen LogP contribution in [0.1, 0.15) is 25.9 Å². The van der Waals surface area contributed by atoms with Crippen molar-refractivity contribution in [1.82, 2.24) is 19.9 Å². The van der Waals surface area contributed by atoms with Gasteiger partial charge in [-0.2, -0.15) is 0 Å². The van der Waals surface area contributed by atoms with Crippen LogP contribution in [0, 0.1) is 0 Å². The van der Waals surface area contributed by atoms with Crippen molar-refractivity contribution in [2.75, 3.05) is 11.9 Å². The molecule has 146 valence electrons. The highest BCUT2D eigenvalue weighted by Gasteiger charge is 2.13. The molecule has 0 radical (unpaired) electrons. The number of halogens is 1. The molecule has 1 aromatic carbocycles. The summed E-state index contributed by atoms with van der Waals surface area (Å²) in [4.78, 5) is 25.3. The van der Waals surface area contributed by atoms with Gasteiger partial charge in [-0.3, -0.25) is 14.0 Å². The molecule has 0 bridgehead atoms. The van der Waals surface area contributed by atoms with E-state index in [1.807, 2.05) is 34.2 Å². The van der Waals surface area contributed by atoms with Gasteiger partial charge in [-0.1, -0.05) is 23.7 Å². The highest BCUT2D eigenvalue weighted by Crippen LogP contribution is 2.24. The first-order chi connectivity index (χ1) is 14.1. The fourth-order valence-corrected chi connectivity index (χ4v) is 3.59. The minimum atomic E-state index is -0.266. The lowest BCUT2D eigenvalue weighted by Crippen LogP contribution is -2.26. The molecular formula is C20H16ClN5O2S. The molecule has 0 saturated carbocycles. The molecule has 4 aromatic rings. The summed E-state index contributed by atoms with van der Waals surface area (Å²) in [6, 6.07) is 14.0. The van der Waals surface area contributed by atoms with Crippen molar-refractivity contribution in [3.05, 3.63) is 81.4 Å². The van der Waals surface area contributed by atoms with E-state index in [0.717, 1.165) is 11.5 Å². The Morgan fingerprint density at radius 2 is 1.97 bits per heavy atom. The van der Waals surface area contributed by atoms with Crippen molar-refractivity contribution >= 4 is 46.1 Å². The van der Waals surface area contributed by atoms with Gasteiger partial charge < -0.3 is 10.6 Å². The molecule has 7 nitrogen and oxygen atoms in total. The zero-order valence-corrected chi connectivity index (χ0v) is 16.7. The van der Waals surface area contributed by atoms with E-state index in [2.05, 4.69) is 20.8 Å². The van der Waals surface area contributed by atoms with E-state index in [0.29, 0.717) is 34.1 Å². The van der Waals surface area contributed by atoms with Gasteiger partial charge in [-0.25, -0.2) is 0 Å². The topological polar surface area (TPSA) is 88.4 Å². The first kappa shape index (κ1) is 19.1. The fraction of sp³-hybridized carbons (Fsp3) is 0.100. The van der Waals surface area contributed by atoms with Crippen molar-refractivity contribution in [3.8, 4) is 0 Å². The van der Waals surface area contributed by atoms with Gasteiger partial charge in [-0.05, 0) is 41.8 Å². The van der Waals surface area contributed by atoms with Gasteiger partial charge in [0, 0.05) is 24.7 Å². The molecule has 29 heavy (non-hydrogen) atoms. The summed E-state index contributed by atoms with van der Waals surface area (Å²) in [6.07, 6.45) is 2.42. The van der Waals surface area contributed by atoms with Gasteiger partial charge >= 0.3 is 0 Å². The van der Waals surface area contributed by atoms with Gasteiger partial charge in [0.1, 0.15) is 5.82 Å². The van der Waals surface area contributed by atoms with E-state index in [4.69, 9.17) is 11.6 Å². The van der Waals surface area contributed by atoms with Gasteiger partial charge in [0.2, 0.25) is 0 Å². The molecule has 0 spiro atoms. The van der Waals surface area contributed by atoms with Gasteiger partial charge in [0.15, 0.2) is 5.65 Å². The Morgan fingerprint density at radius 1 is 1.07 bits per heavy atom. The number of rotatable bonds is 6. The lowest BCUT2D eigenvalue weighted by molar-refractivity contribution is 0.0952. The smallest absolute Gasteiger partial charge is 0.265 e. The average molecular weight is 426 g/mol. The van der Waals surface area contributed by atoms with Crippen LogP contribution in [0.15, 0.2) is 60.1 Å². The van der Waals surface area contributed by atoms with E-state index >= 15 is 0 Å². The highest BCUT2D eigenvalue weighted by atomic mass is 35.5. The number of hydrogen-bond acceptors (Lipinski definition) is 5. The number of carbonyl (C=O) groups excluding carboxylic acids is 2. The second-order valence-electron chi connectivity index (χ2n) is 6.18. The molecule has 2 N–H and O–H groups in total. The normalized spacial score (nSPS) is 10.8. The van der Waals surface area contributed by atoms with E-state index < -0.39 is 0 Å². The number of benzene rings is 1. The third-order valence-electron chi connectivity index (χ3n) is 4.24. The van der Waals surface area contributed by atoms with Crippen molar-refractivity contribution in [2.45, 2.75) is 6.42 Å². The van der Waals surface area contributed by atoms with E-state index in [1.54, 1.807) is 30.3 Å². The minimum absolute atomic E-state index is 0.262. The summed E-state index contributed by atoms with van der Waals surface area (Å²) in [5.41, 5.74) is 1.56. The van der Waals surface area contributed by atoms with Crippen LogP contribution in [0.3, 0.4) is 0 Å². The Morgan fingerprint density at radius 3 is 2.79 bits per heavy atom. The van der Waals surface area contributed by atoms with Gasteiger partial charge in [0.05, 0.1) is 15.6 Å². The van der Waals surface area contributed by atoms with Crippen LogP contribution in [-0.4, -0.2) is 33.0 Å². The number of aromatic nitrogens is 3. The second-order valence-corrected chi connectivity index (χ2v) is 7.53. The molecule has 4 rings (SSSR count). The second kappa shape index (κ2) is 8.42. The van der Waals surface area contributed by atoms with Crippen molar-refractivity contribution in [2.24, 2.45) is 0 Å². The van der Waals surface area contributed by atoms with Crippen LogP contribution in [0.2, 0.25) is 5.02 Å². The van der Waals surface area contributed by atoms with Gasteiger partial charge in [-0.15, -0.1) is 21.5 Å². The number of fused-ring (bicyclic) bond motifs is 1. The molecule has 3 heterocycles. The standard InChI is InChI=1S/C20H16ClN5O2S/c21-14-7-6-13(12-15(14)23-20(28)16-4-3-11-29-16)19(27)22-9-8-18-25-24-17-5-1-2-10-26(17)18/h1-7,10-12H,8-9H2,(H,22,27)(H,23,28). The molecule has 0 aliphatic heterocycles. The van der Waals surface area contributed by atoms with Crippen molar-refractivity contribution < 1.29 is 9.59 Å². The number of anilines is 1. The average Bonchev–Trinajstić information content (AvgIpc) is 3.40. The molecule has 0 fully saturated rings. The Bertz CT molecular complexity index is 1170. The number of nitrogens with one attached hydrogen (secondary N) is 2. The lowest BCUT2D eigenvalue weighted by atomic mass is 10.2. The lowest BCUT2D eigenvalue weighted by Gasteiger charge is -2.09. The highest BCUT2D eigenvalue weighted by molar-refractivity contribution is 7.12. The third-order valence-corrected chi connectivity index (χ3v) is 5.44. The molecule has 2 amide bonds. The van der Waals surface area contributed by atoms with Crippen LogP contribution in [0.4, 0.5) is 5.69 Å². The molecule has 9 heteroatoms. The summed E-state index contributed by atoms with van der Waals surface area (Å²) >= 11 is 7.50. The number of pyridine rings is 1. The molecule has 0 atom stereocenters. The summed E-state index contributed by atoms with van der Waals surface area (Å²) in [7, 11) is 0. The molecular weight excluding hydrogens is 410 g/mol. The number of nitrogens with zero attached hydrogens (tertiary/aromatic N) is 3. The molecule has 0 unspecified atom stereocenters. The number of hydrogen-bond donors (Lipinski definition) is 2. The van der Waals surface area contributed by atoms with Gasteiger partial charge in [0.25, 0.3) is 11.8 Å². The Balaban J connectivity index is 1.40. The quantitative estimate of drug-likeness (QED) is 0.493. The van der Waals surface area contributed by atoms with Crippen LogP contribution in [0.25, 0.3) is 5.65 Å². The Labute approximate surface area is 175 Å². The maximum absolute atomic E-state index is 12.5. The first-order valence-corrected chi connectivity index (χ1v) is 10.1. The number of thiophene rings is 1. The Kier molecular flexibility index (Phi) is 5.55. The summed E-state index contributed by atoms with van der Waals surface area (Å²) in [5.74, 6) is 0.237. The van der Waals surface area contributed by atoms with Crippen LogP contribution in [0.5, 0.6) is 0 Å². The maximum atomic E-state index is 12.5. The van der Waals surface area contributed by atoms with Crippen molar-refractivity contribution in [3.63, 3.8) is 0 Å². The zero-order chi connectivity index (χ0) is 20.2. The van der Waals surface area contributed by atoms with E-state index in [1.165, 1.54) is 11.3 Å². The van der Waals surface area contributed by atoms with Crippen molar-refractivity contribution in [1.29, 1.82) is 0 Å². The molecule has 0 saturated heterocycles. The van der Waals surface area contributed by atoms with Crippen LogP contribution in [-0.2, 0) is 6.42 Å². The van der Waals surface area contributed by atoms with Crippen LogP contribution < -0.4 is 10.6 Å². The summed E-state index contributed by atoms with van der Waals surface area (Å²) < 4.78 is 1.88. The summed E-state index contributed by atoms with van der Waals surface area (Å²) in [5, 5.41) is 16.0. The van der Waals surface area contributed by atoms with Crippen LogP contribution >= 0.6 is 22.9 Å². The number of carbonyl (C=O) groups is 2. The predicted molar refractivity (Wildman–Crippen MR) is 113 cm³/mol. The predicted octanol–water partition coefficient (Wildman–Crippen LogP) is 3.67. The fourth-order valence-electron chi connectivity index (χ4n) is 2.81. The molecule has 0 aliphatic rings. The monoisotopic (exact) mass is 425 g/mol. The number of amides is 2. The maximum Gasteiger partial charge on any atom is 0.265 e. The Hall–Kier alpha value is -3.23. The minimum Gasteiger partial charge on any atom is -0.352 e.